The summed E-state index contributed by atoms with van der Waals surface area (Å²) in [6.07, 6.45) is 5.37. The fourth-order valence-corrected chi connectivity index (χ4v) is 5.42. The van der Waals surface area contributed by atoms with Crippen LogP contribution in [0, 0.1) is 0 Å². The third-order valence-electron chi connectivity index (χ3n) is 5.27. The molecule has 1 atom stereocenters. The summed E-state index contributed by atoms with van der Waals surface area (Å²) in [5.41, 5.74) is 2.62. The van der Waals surface area contributed by atoms with Crippen LogP contribution in [0.2, 0.25) is 0 Å². The molecular weight excluding hydrogens is 416 g/mol. The molecule has 3 heterocycles. The lowest BCUT2D eigenvalue weighted by molar-refractivity contribution is -0.113. The number of carbonyl (C=O) groups excluding carboxylic acids is 2. The number of nitrogens with zero attached hydrogens (tertiary/aromatic N) is 3. The molecule has 1 aliphatic rings. The highest BCUT2D eigenvalue weighted by Gasteiger charge is 2.30. The molecule has 0 spiro atoms. The van der Waals surface area contributed by atoms with Crippen LogP contribution in [0.1, 0.15) is 40.2 Å². The van der Waals surface area contributed by atoms with Crippen molar-refractivity contribution < 1.29 is 9.59 Å². The van der Waals surface area contributed by atoms with Crippen LogP contribution in [0.25, 0.3) is 0 Å². The minimum atomic E-state index is -0.103. The van der Waals surface area contributed by atoms with Gasteiger partial charge in [-0.15, -0.1) is 11.3 Å². The van der Waals surface area contributed by atoms with E-state index in [0.29, 0.717) is 11.3 Å². The second-order valence-electron chi connectivity index (χ2n) is 7.21. The number of rotatable bonds is 6. The molecule has 1 unspecified atom stereocenters. The smallest absolute Gasteiger partial charge is 0.254 e. The van der Waals surface area contributed by atoms with Gasteiger partial charge in [-0.25, -0.2) is 4.98 Å². The summed E-state index contributed by atoms with van der Waals surface area (Å²) in [4.78, 5) is 32.9. The van der Waals surface area contributed by atoms with Gasteiger partial charge in [-0.05, 0) is 54.1 Å². The number of carbonyl (C=O) groups is 2. The van der Waals surface area contributed by atoms with E-state index < -0.39 is 0 Å². The third kappa shape index (κ3) is 4.29. The second-order valence-corrected chi connectivity index (χ2v) is 9.15. The molecule has 6 nitrogen and oxygen atoms in total. The molecule has 1 aromatic carbocycles. The van der Waals surface area contributed by atoms with Gasteiger partial charge in [-0.1, -0.05) is 18.7 Å². The molecule has 1 N–H and O–H groups in total. The predicted octanol–water partition coefficient (Wildman–Crippen LogP) is 4.36. The van der Waals surface area contributed by atoms with Crippen molar-refractivity contribution in [1.82, 2.24) is 14.5 Å². The fraction of sp³-hybridized carbons (Fsp3) is 0.318. The van der Waals surface area contributed by atoms with Gasteiger partial charge in [0.2, 0.25) is 5.91 Å². The van der Waals surface area contributed by atoms with Gasteiger partial charge in [-0.3, -0.25) is 9.59 Å². The van der Waals surface area contributed by atoms with Gasteiger partial charge in [0.1, 0.15) is 0 Å². The number of aryl methyl sites for hydroxylation is 1. The van der Waals surface area contributed by atoms with Gasteiger partial charge in [0.25, 0.3) is 5.91 Å². The van der Waals surface area contributed by atoms with E-state index in [-0.39, 0.29) is 23.6 Å². The zero-order valence-electron chi connectivity index (χ0n) is 17.0. The van der Waals surface area contributed by atoms with Crippen molar-refractivity contribution in [3.8, 4) is 0 Å². The Morgan fingerprint density at radius 1 is 1.27 bits per heavy atom. The van der Waals surface area contributed by atoms with Crippen LogP contribution in [0.3, 0.4) is 0 Å². The number of thioether (sulfide) groups is 1. The number of hydrogen-bond acceptors (Lipinski definition) is 5. The topological polar surface area (TPSA) is 67.2 Å². The standard InChI is InChI=1S/C22H24N4O2S2/c1-3-18-17-9-13-29-19(17)8-11-26(18)21(28)15-4-6-16(7-5-15)24-20(27)14-30-22-23-10-12-25(22)2/h4-7,9-10,12-13,18H,3,8,11,14H2,1-2H3,(H,24,27). The molecule has 8 heteroatoms. The maximum absolute atomic E-state index is 13.1. The number of hydrogen-bond donors (Lipinski definition) is 1. The first-order valence-corrected chi connectivity index (χ1v) is 11.8. The van der Waals surface area contributed by atoms with E-state index in [1.54, 1.807) is 41.8 Å². The zero-order chi connectivity index (χ0) is 21.1. The lowest BCUT2D eigenvalue weighted by Crippen LogP contribution is -2.39. The quantitative estimate of drug-likeness (QED) is 0.578. The summed E-state index contributed by atoms with van der Waals surface area (Å²) < 4.78 is 1.88. The lowest BCUT2D eigenvalue weighted by Gasteiger charge is -2.35. The highest BCUT2D eigenvalue weighted by Crippen LogP contribution is 2.36. The summed E-state index contributed by atoms with van der Waals surface area (Å²) in [6, 6.07) is 9.44. The molecule has 2 aromatic heterocycles. The highest BCUT2D eigenvalue weighted by molar-refractivity contribution is 7.99. The van der Waals surface area contributed by atoms with Gasteiger partial charge < -0.3 is 14.8 Å². The van der Waals surface area contributed by atoms with Crippen molar-refractivity contribution in [1.29, 1.82) is 0 Å². The summed E-state index contributed by atoms with van der Waals surface area (Å²) in [6.45, 7) is 2.87. The van der Waals surface area contributed by atoms with Crippen molar-refractivity contribution in [3.05, 3.63) is 64.1 Å². The van der Waals surface area contributed by atoms with E-state index in [1.807, 2.05) is 22.7 Å². The molecule has 1 aliphatic heterocycles. The highest BCUT2D eigenvalue weighted by atomic mass is 32.2. The van der Waals surface area contributed by atoms with E-state index in [1.165, 1.54) is 22.2 Å². The molecule has 0 aliphatic carbocycles. The Kier molecular flexibility index (Phi) is 6.24. The predicted molar refractivity (Wildman–Crippen MR) is 121 cm³/mol. The molecule has 0 fully saturated rings. The Morgan fingerprint density at radius 3 is 2.77 bits per heavy atom. The molecule has 30 heavy (non-hydrogen) atoms. The Hall–Kier alpha value is -2.58. The summed E-state index contributed by atoms with van der Waals surface area (Å²) in [7, 11) is 1.90. The SMILES string of the molecule is CCC1c2ccsc2CCN1C(=O)c1ccc(NC(=O)CSc2nccn2C)cc1. The van der Waals surface area contributed by atoms with E-state index >= 15 is 0 Å². The van der Waals surface area contributed by atoms with E-state index in [2.05, 4.69) is 28.7 Å². The monoisotopic (exact) mass is 440 g/mol. The third-order valence-corrected chi connectivity index (χ3v) is 7.32. The molecule has 156 valence electrons. The number of nitrogens with one attached hydrogen (secondary N) is 1. The molecule has 0 saturated heterocycles. The van der Waals surface area contributed by atoms with Crippen molar-refractivity contribution >= 4 is 40.6 Å². The maximum atomic E-state index is 13.1. The van der Waals surface area contributed by atoms with Gasteiger partial charge in [0.15, 0.2) is 5.16 Å². The van der Waals surface area contributed by atoms with Crippen LogP contribution in [-0.4, -0.2) is 38.6 Å². The van der Waals surface area contributed by atoms with Gasteiger partial charge in [0.05, 0.1) is 11.8 Å². The van der Waals surface area contributed by atoms with Crippen LogP contribution in [0.4, 0.5) is 5.69 Å². The Labute approximate surface area is 184 Å². The maximum Gasteiger partial charge on any atom is 0.254 e. The molecule has 0 saturated carbocycles. The molecule has 0 bridgehead atoms. The number of amides is 2. The van der Waals surface area contributed by atoms with Crippen molar-refractivity contribution in [2.75, 3.05) is 17.6 Å². The number of anilines is 1. The molecular formula is C22H24N4O2S2. The van der Waals surface area contributed by atoms with Gasteiger partial charge in [-0.2, -0.15) is 0 Å². The first-order chi connectivity index (χ1) is 14.6. The Balaban J connectivity index is 1.38. The second kappa shape index (κ2) is 9.06. The van der Waals surface area contributed by atoms with Gasteiger partial charge in [0, 0.05) is 42.1 Å². The van der Waals surface area contributed by atoms with E-state index in [4.69, 9.17) is 0 Å². The first-order valence-electron chi connectivity index (χ1n) is 9.94. The zero-order valence-corrected chi connectivity index (χ0v) is 18.6. The molecule has 4 rings (SSSR count). The molecule has 3 aromatic rings. The fourth-order valence-electron chi connectivity index (χ4n) is 3.76. The minimum Gasteiger partial charge on any atom is -0.331 e. The van der Waals surface area contributed by atoms with Crippen molar-refractivity contribution in [3.63, 3.8) is 0 Å². The van der Waals surface area contributed by atoms with Crippen molar-refractivity contribution in [2.24, 2.45) is 7.05 Å². The summed E-state index contributed by atoms with van der Waals surface area (Å²) in [5.74, 6) is 0.219. The lowest BCUT2D eigenvalue weighted by atomic mass is 9.97. The number of aromatic nitrogens is 2. The van der Waals surface area contributed by atoms with Crippen molar-refractivity contribution in [2.45, 2.75) is 31.0 Å². The number of thiophene rings is 1. The average Bonchev–Trinajstić information content (AvgIpc) is 3.40. The normalized spacial score (nSPS) is 15.7. The summed E-state index contributed by atoms with van der Waals surface area (Å²) in [5, 5.41) is 5.79. The largest absolute Gasteiger partial charge is 0.331 e. The Morgan fingerprint density at radius 2 is 2.07 bits per heavy atom. The molecule has 2 amide bonds. The number of fused-ring (bicyclic) bond motifs is 1. The van der Waals surface area contributed by atoms with E-state index in [0.717, 1.165) is 24.5 Å². The minimum absolute atomic E-state index is 0.0434. The molecule has 0 radical (unpaired) electrons. The van der Waals surface area contributed by atoms with Crippen LogP contribution in [0.15, 0.2) is 53.3 Å². The van der Waals surface area contributed by atoms with Crippen LogP contribution >= 0.6 is 23.1 Å². The van der Waals surface area contributed by atoms with Gasteiger partial charge >= 0.3 is 0 Å². The number of benzene rings is 1. The van der Waals surface area contributed by atoms with Crippen LogP contribution in [0.5, 0.6) is 0 Å². The van der Waals surface area contributed by atoms with E-state index in [9.17, 15) is 9.59 Å². The number of imidazole rings is 1. The van der Waals surface area contributed by atoms with Crippen LogP contribution < -0.4 is 5.32 Å². The first kappa shape index (κ1) is 20.7. The average molecular weight is 441 g/mol. The van der Waals surface area contributed by atoms with Crippen LogP contribution in [-0.2, 0) is 18.3 Å². The Bertz CT molecular complexity index is 1040. The summed E-state index contributed by atoms with van der Waals surface area (Å²) >= 11 is 3.17.